The van der Waals surface area contributed by atoms with Gasteiger partial charge in [0.2, 0.25) is 0 Å². The molecular weight excluding hydrogens is 206 g/mol. The third-order valence-corrected chi connectivity index (χ3v) is 3.32. The third kappa shape index (κ3) is 4.36. The van der Waals surface area contributed by atoms with Gasteiger partial charge in [0.25, 0.3) is 10.1 Å². The normalized spacial score (nSPS) is 23.6. The zero-order valence-corrected chi connectivity index (χ0v) is 9.18. The first kappa shape index (κ1) is 11.9. The number of hydrogen-bond donors (Lipinski definition) is 1. The number of rotatable bonds is 5. The number of hydrogen-bond acceptors (Lipinski definition) is 5. The van der Waals surface area contributed by atoms with E-state index in [9.17, 15) is 8.42 Å². The van der Waals surface area contributed by atoms with Crippen LogP contribution < -0.4 is 5.32 Å². The summed E-state index contributed by atoms with van der Waals surface area (Å²) in [6, 6.07) is 0. The predicted octanol–water partition coefficient (Wildman–Crippen LogP) is -0.269. The van der Waals surface area contributed by atoms with Crippen LogP contribution in [-0.2, 0) is 19.0 Å². The van der Waals surface area contributed by atoms with Gasteiger partial charge in [-0.05, 0) is 13.3 Å². The van der Waals surface area contributed by atoms with Crippen molar-refractivity contribution in [3.8, 4) is 0 Å². The lowest BCUT2D eigenvalue weighted by Gasteiger charge is -2.23. The average Bonchev–Trinajstić information content (AvgIpc) is 2.17. The molecule has 0 saturated carbocycles. The lowest BCUT2D eigenvalue weighted by molar-refractivity contribution is 0.0268. The first-order valence-corrected chi connectivity index (χ1v) is 6.41. The van der Waals surface area contributed by atoms with E-state index in [1.807, 2.05) is 0 Å². The van der Waals surface area contributed by atoms with E-state index in [1.165, 1.54) is 0 Å². The van der Waals surface area contributed by atoms with Crippen LogP contribution in [0.3, 0.4) is 0 Å². The SMILES string of the molecule is CCOS(=O)(=O)CCC1CNCCO1. The van der Waals surface area contributed by atoms with Crippen LogP contribution in [0.4, 0.5) is 0 Å². The van der Waals surface area contributed by atoms with E-state index in [-0.39, 0.29) is 18.5 Å². The summed E-state index contributed by atoms with van der Waals surface area (Å²) in [5, 5.41) is 3.14. The molecule has 1 N–H and O–H groups in total. The van der Waals surface area contributed by atoms with E-state index in [1.54, 1.807) is 6.92 Å². The second-order valence-electron chi connectivity index (χ2n) is 3.15. The second-order valence-corrected chi connectivity index (χ2v) is 4.91. The summed E-state index contributed by atoms with van der Waals surface area (Å²) in [5.74, 6) is 0.0349. The molecule has 0 aromatic rings. The van der Waals surface area contributed by atoms with Crippen LogP contribution in [0.5, 0.6) is 0 Å². The van der Waals surface area contributed by atoms with E-state index in [0.717, 1.165) is 13.1 Å². The summed E-state index contributed by atoms with van der Waals surface area (Å²) in [6.07, 6.45) is 0.494. The lowest BCUT2D eigenvalue weighted by atomic mass is 10.2. The molecule has 0 spiro atoms. The molecule has 0 aromatic carbocycles. The van der Waals surface area contributed by atoms with Gasteiger partial charge in [-0.3, -0.25) is 4.18 Å². The van der Waals surface area contributed by atoms with Gasteiger partial charge in [0.1, 0.15) is 0 Å². The molecule has 5 nitrogen and oxygen atoms in total. The molecule has 1 rings (SSSR count). The fourth-order valence-corrected chi connectivity index (χ4v) is 2.35. The highest BCUT2D eigenvalue weighted by atomic mass is 32.2. The van der Waals surface area contributed by atoms with Crippen molar-refractivity contribution in [2.75, 3.05) is 32.1 Å². The Labute approximate surface area is 84.9 Å². The largest absolute Gasteiger partial charge is 0.376 e. The van der Waals surface area contributed by atoms with Crippen molar-refractivity contribution in [2.24, 2.45) is 0 Å². The van der Waals surface area contributed by atoms with Crippen molar-refractivity contribution in [1.29, 1.82) is 0 Å². The van der Waals surface area contributed by atoms with Gasteiger partial charge in [-0.15, -0.1) is 0 Å². The molecule has 1 unspecified atom stereocenters. The minimum Gasteiger partial charge on any atom is -0.376 e. The van der Waals surface area contributed by atoms with Gasteiger partial charge in [-0.25, -0.2) is 0 Å². The fourth-order valence-electron chi connectivity index (χ4n) is 1.32. The Bertz CT molecular complexity index is 246. The quantitative estimate of drug-likeness (QED) is 0.650. The molecule has 1 heterocycles. The summed E-state index contributed by atoms with van der Waals surface area (Å²) < 4.78 is 32.3. The molecule has 14 heavy (non-hydrogen) atoms. The molecule has 0 bridgehead atoms. The molecule has 1 fully saturated rings. The Hall–Kier alpha value is -0.170. The van der Waals surface area contributed by atoms with Crippen molar-refractivity contribution >= 4 is 10.1 Å². The maximum atomic E-state index is 11.2. The molecule has 1 saturated heterocycles. The molecule has 6 heteroatoms. The Balaban J connectivity index is 2.24. The van der Waals surface area contributed by atoms with E-state index in [0.29, 0.717) is 13.0 Å². The molecule has 1 atom stereocenters. The van der Waals surface area contributed by atoms with Crippen LogP contribution >= 0.6 is 0 Å². The minimum absolute atomic E-state index is 0.000943. The highest BCUT2D eigenvalue weighted by Crippen LogP contribution is 2.05. The standard InChI is InChI=1S/C8H17NO4S/c1-2-13-14(10,11)6-3-8-7-9-4-5-12-8/h8-9H,2-7H2,1H3. The Morgan fingerprint density at radius 1 is 1.57 bits per heavy atom. The van der Waals surface area contributed by atoms with Gasteiger partial charge < -0.3 is 10.1 Å². The first-order valence-electron chi connectivity index (χ1n) is 4.83. The van der Waals surface area contributed by atoms with Gasteiger partial charge in [-0.1, -0.05) is 0 Å². The summed E-state index contributed by atoms with van der Waals surface area (Å²) in [4.78, 5) is 0. The van der Waals surface area contributed by atoms with Crippen LogP contribution in [-0.4, -0.2) is 46.6 Å². The number of ether oxygens (including phenoxy) is 1. The lowest BCUT2D eigenvalue weighted by Crippen LogP contribution is -2.39. The zero-order chi connectivity index (χ0) is 10.4. The molecule has 84 valence electrons. The fraction of sp³-hybridized carbons (Fsp3) is 1.00. The van der Waals surface area contributed by atoms with Crippen molar-refractivity contribution in [3.05, 3.63) is 0 Å². The minimum atomic E-state index is -3.34. The molecule has 1 aliphatic heterocycles. The summed E-state index contributed by atoms with van der Waals surface area (Å²) in [6.45, 7) is 4.08. The van der Waals surface area contributed by atoms with Crippen LogP contribution in [0.2, 0.25) is 0 Å². The molecule has 0 aliphatic carbocycles. The smallest absolute Gasteiger partial charge is 0.267 e. The molecule has 0 amide bonds. The predicted molar refractivity (Wildman–Crippen MR) is 52.6 cm³/mol. The molecule has 1 aliphatic rings. The summed E-state index contributed by atoms with van der Waals surface area (Å²) in [7, 11) is -3.34. The van der Waals surface area contributed by atoms with E-state index >= 15 is 0 Å². The molecule has 0 radical (unpaired) electrons. The molecular formula is C8H17NO4S. The monoisotopic (exact) mass is 223 g/mol. The van der Waals surface area contributed by atoms with Crippen LogP contribution in [0.25, 0.3) is 0 Å². The maximum Gasteiger partial charge on any atom is 0.267 e. The Morgan fingerprint density at radius 2 is 2.36 bits per heavy atom. The van der Waals surface area contributed by atoms with Gasteiger partial charge in [-0.2, -0.15) is 8.42 Å². The number of nitrogens with one attached hydrogen (secondary N) is 1. The van der Waals surface area contributed by atoms with Gasteiger partial charge >= 0.3 is 0 Å². The topological polar surface area (TPSA) is 64.6 Å². The second kappa shape index (κ2) is 5.65. The van der Waals surface area contributed by atoms with E-state index in [2.05, 4.69) is 9.50 Å². The van der Waals surface area contributed by atoms with Crippen molar-refractivity contribution in [3.63, 3.8) is 0 Å². The van der Waals surface area contributed by atoms with Crippen molar-refractivity contribution < 1.29 is 17.3 Å². The van der Waals surface area contributed by atoms with Crippen LogP contribution in [0, 0.1) is 0 Å². The molecule has 0 aromatic heterocycles. The Kier molecular flexibility index (Phi) is 4.80. The van der Waals surface area contributed by atoms with E-state index in [4.69, 9.17) is 4.74 Å². The third-order valence-electron chi connectivity index (χ3n) is 1.99. The van der Waals surface area contributed by atoms with Crippen molar-refractivity contribution in [2.45, 2.75) is 19.4 Å². The van der Waals surface area contributed by atoms with Gasteiger partial charge in [0, 0.05) is 13.1 Å². The number of morpholine rings is 1. The summed E-state index contributed by atoms with van der Waals surface area (Å²) in [5.41, 5.74) is 0. The van der Waals surface area contributed by atoms with Gasteiger partial charge in [0.05, 0.1) is 25.1 Å². The average molecular weight is 223 g/mol. The first-order chi connectivity index (χ1) is 6.64. The van der Waals surface area contributed by atoms with Crippen LogP contribution in [0.1, 0.15) is 13.3 Å². The zero-order valence-electron chi connectivity index (χ0n) is 8.36. The highest BCUT2D eigenvalue weighted by Gasteiger charge is 2.18. The maximum absolute atomic E-state index is 11.2. The summed E-state index contributed by atoms with van der Waals surface area (Å²) >= 11 is 0. The Morgan fingerprint density at radius 3 is 2.93 bits per heavy atom. The van der Waals surface area contributed by atoms with Crippen LogP contribution in [0.15, 0.2) is 0 Å². The van der Waals surface area contributed by atoms with E-state index < -0.39 is 10.1 Å². The van der Waals surface area contributed by atoms with Gasteiger partial charge in [0.15, 0.2) is 0 Å². The van der Waals surface area contributed by atoms with Crippen molar-refractivity contribution in [1.82, 2.24) is 5.32 Å². The highest BCUT2D eigenvalue weighted by molar-refractivity contribution is 7.86.